The van der Waals surface area contributed by atoms with Crippen molar-refractivity contribution in [3.8, 4) is 5.75 Å². The molecule has 0 saturated carbocycles. The maximum Gasteiger partial charge on any atom is 0.127 e. The van der Waals surface area contributed by atoms with Gasteiger partial charge in [0.1, 0.15) is 11.4 Å². The van der Waals surface area contributed by atoms with E-state index in [1.165, 1.54) is 40.7 Å². The molecular formula is C33H46Cl3N3O. The highest BCUT2D eigenvalue weighted by Gasteiger charge is 2.39. The number of hydrogen-bond acceptors (Lipinski definition) is 4. The molecule has 4 nitrogen and oxygen atoms in total. The molecule has 2 heterocycles. The third-order valence-electron chi connectivity index (χ3n) is 8.75. The van der Waals surface area contributed by atoms with E-state index in [1.54, 1.807) is 0 Å². The van der Waals surface area contributed by atoms with Gasteiger partial charge in [-0.3, -0.25) is 4.90 Å². The summed E-state index contributed by atoms with van der Waals surface area (Å²) in [6, 6.07) is 22.5. The summed E-state index contributed by atoms with van der Waals surface area (Å²) in [5, 5.41) is 3.89. The molecule has 2 aliphatic heterocycles. The number of halogens is 3. The van der Waals surface area contributed by atoms with E-state index in [9.17, 15) is 0 Å². The lowest BCUT2D eigenvalue weighted by molar-refractivity contribution is 0.0506. The number of benzene rings is 3. The number of nitrogens with two attached hydrogens (primary N) is 1. The Bertz CT molecular complexity index is 1140. The van der Waals surface area contributed by atoms with Crippen LogP contribution in [-0.2, 0) is 6.42 Å². The van der Waals surface area contributed by atoms with Crippen molar-refractivity contribution in [2.75, 3.05) is 31.9 Å². The predicted octanol–water partition coefficient (Wildman–Crippen LogP) is 7.43. The minimum absolute atomic E-state index is 0. The van der Waals surface area contributed by atoms with E-state index in [2.05, 4.69) is 98.6 Å². The van der Waals surface area contributed by atoms with Gasteiger partial charge in [-0.15, -0.1) is 37.2 Å². The van der Waals surface area contributed by atoms with Gasteiger partial charge < -0.3 is 15.8 Å². The number of piperidine rings is 1. The summed E-state index contributed by atoms with van der Waals surface area (Å²) in [5.74, 6) is 1.51. The van der Waals surface area contributed by atoms with Crippen LogP contribution in [0, 0.1) is 20.8 Å². The first-order valence-electron chi connectivity index (χ1n) is 14.0. The number of hydrogen-bond donors (Lipinski definition) is 2. The van der Waals surface area contributed by atoms with Gasteiger partial charge in [-0.2, -0.15) is 0 Å². The molecule has 0 spiro atoms. The summed E-state index contributed by atoms with van der Waals surface area (Å²) in [6.45, 7) is 12.9. The van der Waals surface area contributed by atoms with Gasteiger partial charge in [-0.25, -0.2) is 0 Å². The Morgan fingerprint density at radius 2 is 1.43 bits per heavy atom. The van der Waals surface area contributed by atoms with Crippen LogP contribution >= 0.6 is 37.2 Å². The van der Waals surface area contributed by atoms with Gasteiger partial charge in [0.05, 0.1) is 0 Å². The van der Waals surface area contributed by atoms with Crippen LogP contribution in [0.4, 0.5) is 5.69 Å². The van der Waals surface area contributed by atoms with Crippen LogP contribution in [0.5, 0.6) is 5.75 Å². The highest BCUT2D eigenvalue weighted by atomic mass is 35.5. The molecule has 2 aliphatic rings. The highest BCUT2D eigenvalue weighted by Crippen LogP contribution is 2.44. The Labute approximate surface area is 259 Å². The van der Waals surface area contributed by atoms with Gasteiger partial charge >= 0.3 is 0 Å². The number of ether oxygens (including phenoxy) is 1. The van der Waals surface area contributed by atoms with Crippen LogP contribution < -0.4 is 15.8 Å². The van der Waals surface area contributed by atoms with Crippen molar-refractivity contribution in [1.82, 2.24) is 10.2 Å². The van der Waals surface area contributed by atoms with Gasteiger partial charge in [0, 0.05) is 36.2 Å². The molecule has 5 rings (SSSR count). The van der Waals surface area contributed by atoms with Gasteiger partial charge in [0.15, 0.2) is 0 Å². The van der Waals surface area contributed by atoms with Crippen molar-refractivity contribution >= 4 is 42.9 Å². The molecule has 3 aromatic rings. The molecule has 0 aromatic heterocycles. The van der Waals surface area contributed by atoms with E-state index in [4.69, 9.17) is 10.5 Å². The lowest BCUT2D eigenvalue weighted by atomic mass is 9.88. The van der Waals surface area contributed by atoms with Crippen molar-refractivity contribution in [2.24, 2.45) is 0 Å². The fourth-order valence-corrected chi connectivity index (χ4v) is 6.40. The number of anilines is 1. The van der Waals surface area contributed by atoms with E-state index in [1.807, 2.05) is 0 Å². The van der Waals surface area contributed by atoms with E-state index in [-0.39, 0.29) is 42.8 Å². The summed E-state index contributed by atoms with van der Waals surface area (Å²) >= 11 is 0. The van der Waals surface area contributed by atoms with Crippen molar-refractivity contribution in [3.05, 3.63) is 94.0 Å². The van der Waals surface area contributed by atoms with Crippen molar-refractivity contribution < 1.29 is 4.74 Å². The Balaban J connectivity index is 0.00000187. The normalized spacial score (nSPS) is 18.7. The second kappa shape index (κ2) is 14.8. The van der Waals surface area contributed by atoms with E-state index < -0.39 is 0 Å². The highest BCUT2D eigenvalue weighted by molar-refractivity contribution is 5.86. The zero-order valence-corrected chi connectivity index (χ0v) is 26.7. The summed E-state index contributed by atoms with van der Waals surface area (Å²) in [6.07, 6.45) is 4.43. The Morgan fingerprint density at radius 1 is 0.875 bits per heavy atom. The van der Waals surface area contributed by atoms with Crippen molar-refractivity contribution in [2.45, 2.75) is 70.9 Å². The van der Waals surface area contributed by atoms with Gasteiger partial charge in [0.2, 0.25) is 0 Å². The standard InChI is InChI=1S/C33H43N3O.3ClH/c1-23-24(2)32-30(25(3)31(23)34)21-33(4,37-32)22-36-19-16-28(17-20-36)35-18-15-29(26-11-7-5-8-12-26)27-13-9-6-10-14-27;;;/h5-14,28-29,35H,15-22,34H2,1-4H3;3*1H. The molecule has 3 N–H and O–H groups in total. The number of fused-ring (bicyclic) bond motifs is 1. The van der Waals surface area contributed by atoms with Crippen LogP contribution in [0.1, 0.15) is 65.5 Å². The number of likely N-dealkylation sites (tertiary alicyclic amines) is 1. The van der Waals surface area contributed by atoms with Crippen LogP contribution in [0.3, 0.4) is 0 Å². The van der Waals surface area contributed by atoms with Gasteiger partial charge in [-0.1, -0.05) is 60.7 Å². The van der Waals surface area contributed by atoms with Crippen LogP contribution in [0.2, 0.25) is 0 Å². The maximum atomic E-state index is 6.63. The quantitative estimate of drug-likeness (QED) is 0.262. The second-order valence-corrected chi connectivity index (χ2v) is 11.5. The van der Waals surface area contributed by atoms with Crippen LogP contribution in [-0.4, -0.2) is 42.7 Å². The third-order valence-corrected chi connectivity index (χ3v) is 8.75. The molecule has 3 aromatic carbocycles. The molecule has 1 fully saturated rings. The lowest BCUT2D eigenvalue weighted by Gasteiger charge is -2.37. The average molecular weight is 607 g/mol. The summed E-state index contributed by atoms with van der Waals surface area (Å²) in [7, 11) is 0. The summed E-state index contributed by atoms with van der Waals surface area (Å²) in [4.78, 5) is 2.60. The Hall–Kier alpha value is -1.95. The topological polar surface area (TPSA) is 50.5 Å². The first-order chi connectivity index (χ1) is 17.8. The Kier molecular flexibility index (Phi) is 12.7. The fourth-order valence-electron chi connectivity index (χ4n) is 6.40. The third kappa shape index (κ3) is 7.46. The number of nitrogen functional groups attached to an aromatic ring is 1. The van der Waals surface area contributed by atoms with E-state index in [0.29, 0.717) is 12.0 Å². The van der Waals surface area contributed by atoms with E-state index in [0.717, 1.165) is 56.0 Å². The summed E-state index contributed by atoms with van der Waals surface area (Å²) in [5.41, 5.74) is 14.8. The number of nitrogens with zero attached hydrogens (tertiary/aromatic N) is 1. The Morgan fingerprint density at radius 3 is 1.98 bits per heavy atom. The monoisotopic (exact) mass is 605 g/mol. The molecule has 1 saturated heterocycles. The molecule has 1 atom stereocenters. The molecule has 0 radical (unpaired) electrons. The minimum Gasteiger partial charge on any atom is -0.485 e. The van der Waals surface area contributed by atoms with Gasteiger partial charge in [0.25, 0.3) is 0 Å². The molecule has 0 amide bonds. The molecule has 1 unspecified atom stereocenters. The van der Waals surface area contributed by atoms with E-state index >= 15 is 0 Å². The SMILES string of the molecule is Cc1c(C)c2c(c(C)c1N)CC(C)(CN1CCC(NCCC(c3ccccc3)c3ccccc3)CC1)O2.Cl.Cl.Cl. The molecule has 220 valence electrons. The maximum absolute atomic E-state index is 6.63. The van der Waals surface area contributed by atoms with Crippen LogP contribution in [0.25, 0.3) is 0 Å². The molecular weight excluding hydrogens is 561 g/mol. The first-order valence-corrected chi connectivity index (χ1v) is 14.0. The number of rotatable bonds is 8. The van der Waals surface area contributed by atoms with Crippen molar-refractivity contribution in [3.63, 3.8) is 0 Å². The van der Waals surface area contributed by atoms with Crippen LogP contribution in [0.15, 0.2) is 60.7 Å². The molecule has 7 heteroatoms. The average Bonchev–Trinajstić information content (AvgIpc) is 3.28. The summed E-state index contributed by atoms with van der Waals surface area (Å²) < 4.78 is 6.63. The molecule has 40 heavy (non-hydrogen) atoms. The lowest BCUT2D eigenvalue weighted by Crippen LogP contribution is -2.50. The van der Waals surface area contributed by atoms with Gasteiger partial charge in [-0.05, 0) is 94.4 Å². The largest absolute Gasteiger partial charge is 0.485 e. The first kappa shape index (κ1) is 34.3. The van der Waals surface area contributed by atoms with Crippen molar-refractivity contribution in [1.29, 1.82) is 0 Å². The minimum atomic E-state index is -0.184. The number of nitrogens with one attached hydrogen (secondary N) is 1. The zero-order valence-electron chi connectivity index (χ0n) is 24.2. The molecule has 0 bridgehead atoms. The smallest absolute Gasteiger partial charge is 0.127 e. The molecule has 0 aliphatic carbocycles. The zero-order chi connectivity index (χ0) is 26.0. The predicted molar refractivity (Wildman–Crippen MR) is 176 cm³/mol. The fraction of sp³-hybridized carbons (Fsp3) is 0.455. The second-order valence-electron chi connectivity index (χ2n) is 11.5.